The highest BCUT2D eigenvalue weighted by Crippen LogP contribution is 2.20. The summed E-state index contributed by atoms with van der Waals surface area (Å²) in [6.07, 6.45) is 0. The molecule has 0 aliphatic carbocycles. The topological polar surface area (TPSA) is 78.9 Å². The molecule has 0 unspecified atom stereocenters. The zero-order valence-electron chi connectivity index (χ0n) is 19.9. The lowest BCUT2D eigenvalue weighted by Crippen LogP contribution is -2.52. The average molecular weight is 512 g/mol. The van der Waals surface area contributed by atoms with Crippen LogP contribution >= 0.6 is 11.6 Å². The van der Waals surface area contributed by atoms with E-state index in [1.54, 1.807) is 48.4 Å². The number of aromatic nitrogens is 2. The molecule has 0 atom stereocenters. The van der Waals surface area contributed by atoms with Gasteiger partial charge in [0, 0.05) is 45.4 Å². The Hall–Kier alpha value is -3.56. The minimum Gasteiger partial charge on any atom is -0.383 e. The summed E-state index contributed by atoms with van der Waals surface area (Å²) in [7, 11) is 1.55. The van der Waals surface area contributed by atoms with Gasteiger partial charge >= 0.3 is 0 Å². The summed E-state index contributed by atoms with van der Waals surface area (Å²) in [5, 5.41) is 8.93. The quantitative estimate of drug-likeness (QED) is 0.461. The van der Waals surface area contributed by atoms with E-state index in [4.69, 9.17) is 16.3 Å². The van der Waals surface area contributed by atoms with Gasteiger partial charge in [0.2, 0.25) is 5.91 Å². The number of ether oxygens (including phenoxy) is 1. The molecule has 8 nitrogen and oxygen atoms in total. The van der Waals surface area contributed by atoms with E-state index in [0.717, 1.165) is 5.56 Å². The Morgan fingerprint density at radius 3 is 2.36 bits per heavy atom. The summed E-state index contributed by atoms with van der Waals surface area (Å²) in [5.74, 6) is -0.0283. The van der Waals surface area contributed by atoms with E-state index in [1.165, 1.54) is 17.0 Å². The van der Waals surface area contributed by atoms with Crippen LogP contribution in [-0.4, -0.2) is 84.8 Å². The van der Waals surface area contributed by atoms with Crippen molar-refractivity contribution in [2.45, 2.75) is 0 Å². The summed E-state index contributed by atoms with van der Waals surface area (Å²) in [6.45, 7) is 2.71. The molecular weight excluding hydrogens is 485 g/mol. The van der Waals surface area contributed by atoms with Crippen molar-refractivity contribution in [3.8, 4) is 11.3 Å². The van der Waals surface area contributed by atoms with Gasteiger partial charge in [0.25, 0.3) is 5.91 Å². The first-order valence-electron chi connectivity index (χ1n) is 11.6. The molecule has 0 radical (unpaired) electrons. The Labute approximate surface area is 214 Å². The maximum atomic E-state index is 13.2. The van der Waals surface area contributed by atoms with Crippen LogP contribution in [0.15, 0.2) is 60.7 Å². The minimum atomic E-state index is -0.304. The van der Waals surface area contributed by atoms with Crippen LogP contribution in [0.4, 0.5) is 10.2 Å². The van der Waals surface area contributed by atoms with E-state index in [0.29, 0.717) is 54.9 Å². The van der Waals surface area contributed by atoms with E-state index < -0.39 is 0 Å². The molecule has 0 saturated carbocycles. The summed E-state index contributed by atoms with van der Waals surface area (Å²) in [4.78, 5) is 31.4. The van der Waals surface area contributed by atoms with E-state index >= 15 is 0 Å². The summed E-state index contributed by atoms with van der Waals surface area (Å²) in [6, 6.07) is 16.6. The van der Waals surface area contributed by atoms with Crippen molar-refractivity contribution in [1.29, 1.82) is 0 Å². The second kappa shape index (κ2) is 11.9. The maximum absolute atomic E-state index is 13.2. The van der Waals surface area contributed by atoms with Gasteiger partial charge < -0.3 is 19.4 Å². The molecule has 0 bridgehead atoms. The third-order valence-corrected chi connectivity index (χ3v) is 6.36. The number of rotatable bonds is 8. The van der Waals surface area contributed by atoms with Crippen LogP contribution in [0.25, 0.3) is 11.3 Å². The number of methoxy groups -OCH3 is 1. The van der Waals surface area contributed by atoms with Crippen molar-refractivity contribution in [3.63, 3.8) is 0 Å². The second-order valence-electron chi connectivity index (χ2n) is 8.35. The number of carbonyl (C=O) groups excluding carboxylic acids is 2. The van der Waals surface area contributed by atoms with E-state index in [9.17, 15) is 14.0 Å². The predicted molar refractivity (Wildman–Crippen MR) is 135 cm³/mol. The number of piperazine rings is 1. The number of halogens is 2. The predicted octanol–water partition coefficient (Wildman–Crippen LogP) is 3.37. The lowest BCUT2D eigenvalue weighted by atomic mass is 10.1. The Balaban J connectivity index is 1.35. The van der Waals surface area contributed by atoms with Crippen molar-refractivity contribution < 1.29 is 18.7 Å². The molecule has 1 aliphatic heterocycles. The Morgan fingerprint density at radius 1 is 1.00 bits per heavy atom. The first-order chi connectivity index (χ1) is 17.5. The molecule has 36 heavy (non-hydrogen) atoms. The molecule has 0 N–H and O–H groups in total. The van der Waals surface area contributed by atoms with Crippen LogP contribution in [0.5, 0.6) is 0 Å². The molecular formula is C26H27ClFN5O3. The van der Waals surface area contributed by atoms with Gasteiger partial charge in [-0.15, -0.1) is 10.2 Å². The molecule has 2 heterocycles. The van der Waals surface area contributed by atoms with Crippen molar-refractivity contribution in [3.05, 3.63) is 77.1 Å². The van der Waals surface area contributed by atoms with Gasteiger partial charge in [0.1, 0.15) is 12.4 Å². The second-order valence-corrected chi connectivity index (χ2v) is 8.76. The fraction of sp³-hybridized carbons (Fsp3) is 0.308. The van der Waals surface area contributed by atoms with Crippen molar-refractivity contribution in [1.82, 2.24) is 20.0 Å². The highest BCUT2D eigenvalue weighted by molar-refractivity contribution is 6.33. The molecule has 1 aliphatic rings. The Kier molecular flexibility index (Phi) is 8.45. The van der Waals surface area contributed by atoms with Crippen molar-refractivity contribution in [2.24, 2.45) is 0 Å². The number of benzene rings is 2. The number of anilines is 1. The van der Waals surface area contributed by atoms with Crippen molar-refractivity contribution in [2.75, 3.05) is 57.9 Å². The van der Waals surface area contributed by atoms with Crippen LogP contribution in [0.2, 0.25) is 5.02 Å². The number of amides is 2. The highest BCUT2D eigenvalue weighted by Gasteiger charge is 2.26. The van der Waals surface area contributed by atoms with Crippen LogP contribution in [-0.2, 0) is 9.53 Å². The molecule has 1 saturated heterocycles. The summed E-state index contributed by atoms with van der Waals surface area (Å²) in [5.41, 5.74) is 1.80. The molecule has 0 spiro atoms. The van der Waals surface area contributed by atoms with Crippen LogP contribution in [0, 0.1) is 5.82 Å². The highest BCUT2D eigenvalue weighted by atomic mass is 35.5. The smallest absolute Gasteiger partial charge is 0.255 e. The summed E-state index contributed by atoms with van der Waals surface area (Å²) < 4.78 is 18.3. The van der Waals surface area contributed by atoms with Gasteiger partial charge in [-0.3, -0.25) is 9.59 Å². The minimum absolute atomic E-state index is 0.0560. The van der Waals surface area contributed by atoms with E-state index in [1.807, 2.05) is 12.1 Å². The molecule has 10 heteroatoms. The van der Waals surface area contributed by atoms with Gasteiger partial charge in [-0.25, -0.2) is 4.39 Å². The Morgan fingerprint density at radius 2 is 1.72 bits per heavy atom. The largest absolute Gasteiger partial charge is 0.383 e. The molecule has 4 rings (SSSR count). The number of nitrogens with zero attached hydrogens (tertiary/aromatic N) is 5. The first kappa shape index (κ1) is 25.5. The molecule has 188 valence electrons. The Bertz CT molecular complexity index is 1180. The maximum Gasteiger partial charge on any atom is 0.255 e. The normalized spacial score (nSPS) is 13.5. The van der Waals surface area contributed by atoms with Gasteiger partial charge in [-0.2, -0.15) is 0 Å². The van der Waals surface area contributed by atoms with Crippen molar-refractivity contribution >= 4 is 29.2 Å². The van der Waals surface area contributed by atoms with E-state index in [-0.39, 0.29) is 30.7 Å². The third kappa shape index (κ3) is 6.16. The molecule has 2 aromatic carbocycles. The van der Waals surface area contributed by atoms with Crippen LogP contribution in [0.3, 0.4) is 0 Å². The molecule has 3 aromatic rings. The zero-order valence-corrected chi connectivity index (χ0v) is 20.7. The zero-order chi connectivity index (χ0) is 25.5. The van der Waals surface area contributed by atoms with Gasteiger partial charge in [0.15, 0.2) is 5.82 Å². The summed E-state index contributed by atoms with van der Waals surface area (Å²) >= 11 is 6.20. The van der Waals surface area contributed by atoms with Gasteiger partial charge in [-0.05, 0) is 48.5 Å². The first-order valence-corrected chi connectivity index (χ1v) is 12.0. The fourth-order valence-corrected chi connectivity index (χ4v) is 4.19. The third-order valence-electron chi connectivity index (χ3n) is 6.03. The standard InChI is InChI=1S/C26H27ClFN5O3/c1-36-17-16-33(26(35)21-4-2-3-5-22(21)27)18-25(34)32-14-12-31(13-15-32)24-11-10-23(29-30-24)19-6-8-20(28)9-7-19/h2-11H,12-18H2,1H3. The van der Waals surface area contributed by atoms with Gasteiger partial charge in [-0.1, -0.05) is 23.7 Å². The van der Waals surface area contributed by atoms with E-state index in [2.05, 4.69) is 15.1 Å². The lowest BCUT2D eigenvalue weighted by Gasteiger charge is -2.36. The van der Waals surface area contributed by atoms with Gasteiger partial charge in [0.05, 0.1) is 22.9 Å². The molecule has 2 amide bonds. The number of hydrogen-bond acceptors (Lipinski definition) is 6. The van der Waals surface area contributed by atoms with Crippen LogP contribution in [0.1, 0.15) is 10.4 Å². The fourth-order valence-electron chi connectivity index (χ4n) is 3.98. The molecule has 1 fully saturated rings. The SMILES string of the molecule is COCCN(CC(=O)N1CCN(c2ccc(-c3ccc(F)cc3)nn2)CC1)C(=O)c1ccccc1Cl. The number of carbonyl (C=O) groups is 2. The lowest BCUT2D eigenvalue weighted by molar-refractivity contribution is -0.132. The average Bonchev–Trinajstić information content (AvgIpc) is 2.91. The number of hydrogen-bond donors (Lipinski definition) is 0. The monoisotopic (exact) mass is 511 g/mol. The molecule has 1 aromatic heterocycles. The van der Waals surface area contributed by atoms with Crippen LogP contribution < -0.4 is 4.90 Å².